The molecule has 1 heterocycles. The second kappa shape index (κ2) is 11.5. The van der Waals surface area contributed by atoms with Gasteiger partial charge in [-0.1, -0.05) is 12.1 Å². The molecular formula is C20H25Cl2N3O4. The van der Waals surface area contributed by atoms with Gasteiger partial charge in [-0.05, 0) is 35.9 Å². The Balaban J connectivity index is 0.00000210. The van der Waals surface area contributed by atoms with Crippen LogP contribution in [0.25, 0.3) is 0 Å². The molecule has 0 radical (unpaired) electrons. The molecule has 3 N–H and O–H groups in total. The summed E-state index contributed by atoms with van der Waals surface area (Å²) in [4.78, 5) is 26.7. The number of rotatable bonds is 5. The van der Waals surface area contributed by atoms with Gasteiger partial charge in [0.25, 0.3) is 0 Å². The number of hydrogen-bond acceptors (Lipinski definition) is 6. The molecule has 2 aromatic rings. The summed E-state index contributed by atoms with van der Waals surface area (Å²) in [5.41, 5.74) is 8.80. The van der Waals surface area contributed by atoms with Gasteiger partial charge in [0.15, 0.2) is 0 Å². The smallest absolute Gasteiger partial charge is 0.340 e. The van der Waals surface area contributed by atoms with Crippen LogP contribution in [0.15, 0.2) is 42.5 Å². The Labute approximate surface area is 182 Å². The molecule has 1 fully saturated rings. The van der Waals surface area contributed by atoms with Crippen LogP contribution in [0.2, 0.25) is 0 Å². The highest BCUT2D eigenvalue weighted by Crippen LogP contribution is 2.25. The van der Waals surface area contributed by atoms with E-state index in [0.29, 0.717) is 30.2 Å². The van der Waals surface area contributed by atoms with Crippen molar-refractivity contribution in [3.05, 3.63) is 53.6 Å². The largest absolute Gasteiger partial charge is 0.465 e. The van der Waals surface area contributed by atoms with Gasteiger partial charge in [0.2, 0.25) is 5.91 Å². The number of ether oxygens (including phenoxy) is 2. The number of halogens is 2. The molecule has 1 aliphatic rings. The van der Waals surface area contributed by atoms with Crippen molar-refractivity contribution in [1.82, 2.24) is 0 Å². The maximum absolute atomic E-state index is 12.4. The van der Waals surface area contributed by atoms with Gasteiger partial charge in [0.1, 0.15) is 0 Å². The number of nitrogens with two attached hydrogens (primary N) is 1. The summed E-state index contributed by atoms with van der Waals surface area (Å²) in [7, 11) is 1.32. The predicted octanol–water partition coefficient (Wildman–Crippen LogP) is 2.92. The van der Waals surface area contributed by atoms with E-state index in [-0.39, 0.29) is 37.1 Å². The second-order valence-corrected chi connectivity index (χ2v) is 6.29. The van der Waals surface area contributed by atoms with E-state index in [1.165, 1.54) is 7.11 Å². The van der Waals surface area contributed by atoms with Gasteiger partial charge in [-0.15, -0.1) is 24.8 Å². The quantitative estimate of drug-likeness (QED) is 0.547. The Morgan fingerprint density at radius 2 is 1.76 bits per heavy atom. The molecule has 0 aromatic heterocycles. The fourth-order valence-electron chi connectivity index (χ4n) is 2.95. The molecular weight excluding hydrogens is 417 g/mol. The molecule has 0 bridgehead atoms. The third kappa shape index (κ3) is 6.52. The summed E-state index contributed by atoms with van der Waals surface area (Å²) in [5, 5.41) is 2.80. The van der Waals surface area contributed by atoms with Crippen molar-refractivity contribution in [2.24, 2.45) is 0 Å². The van der Waals surface area contributed by atoms with Crippen LogP contribution < -0.4 is 16.0 Å². The molecule has 9 heteroatoms. The maximum atomic E-state index is 12.4. The zero-order valence-electron chi connectivity index (χ0n) is 16.1. The van der Waals surface area contributed by atoms with Gasteiger partial charge in [-0.25, -0.2) is 4.79 Å². The number of amides is 1. The van der Waals surface area contributed by atoms with Crippen molar-refractivity contribution in [1.29, 1.82) is 0 Å². The number of nitrogens with zero attached hydrogens (tertiary/aromatic N) is 1. The Morgan fingerprint density at radius 3 is 2.38 bits per heavy atom. The van der Waals surface area contributed by atoms with Gasteiger partial charge in [0.05, 0.1) is 38.0 Å². The zero-order chi connectivity index (χ0) is 19.2. The van der Waals surface area contributed by atoms with Crippen molar-refractivity contribution in [2.45, 2.75) is 6.42 Å². The first kappa shape index (κ1) is 24.6. The monoisotopic (exact) mass is 441 g/mol. The van der Waals surface area contributed by atoms with Crippen molar-refractivity contribution in [3.63, 3.8) is 0 Å². The molecule has 0 saturated carbocycles. The lowest BCUT2D eigenvalue weighted by molar-refractivity contribution is -0.115. The summed E-state index contributed by atoms with van der Waals surface area (Å²) in [6, 6.07) is 12.5. The lowest BCUT2D eigenvalue weighted by Crippen LogP contribution is -2.36. The van der Waals surface area contributed by atoms with E-state index in [1.807, 2.05) is 6.07 Å². The van der Waals surface area contributed by atoms with Gasteiger partial charge in [0, 0.05) is 24.5 Å². The molecule has 0 aliphatic carbocycles. The summed E-state index contributed by atoms with van der Waals surface area (Å²) >= 11 is 0. The highest BCUT2D eigenvalue weighted by Gasteiger charge is 2.18. The molecule has 1 aliphatic heterocycles. The molecule has 1 saturated heterocycles. The molecule has 7 nitrogen and oxygen atoms in total. The number of hydrogen-bond donors (Lipinski definition) is 2. The Bertz CT molecular complexity index is 825. The molecule has 0 unspecified atom stereocenters. The summed E-state index contributed by atoms with van der Waals surface area (Å²) < 4.78 is 10.2. The first-order valence-corrected chi connectivity index (χ1v) is 8.76. The Morgan fingerprint density at radius 1 is 1.10 bits per heavy atom. The first-order valence-electron chi connectivity index (χ1n) is 8.76. The van der Waals surface area contributed by atoms with Crippen LogP contribution in [-0.4, -0.2) is 45.3 Å². The second-order valence-electron chi connectivity index (χ2n) is 6.29. The van der Waals surface area contributed by atoms with Gasteiger partial charge < -0.3 is 25.4 Å². The number of carbonyl (C=O) groups is 2. The van der Waals surface area contributed by atoms with Gasteiger partial charge in [-0.2, -0.15) is 0 Å². The predicted molar refractivity (Wildman–Crippen MR) is 118 cm³/mol. The summed E-state index contributed by atoms with van der Waals surface area (Å²) in [5.74, 6) is -0.711. The van der Waals surface area contributed by atoms with Crippen molar-refractivity contribution in [3.8, 4) is 0 Å². The number of carbonyl (C=O) groups excluding carboxylic acids is 2. The summed E-state index contributed by atoms with van der Waals surface area (Å²) in [6.07, 6.45) is 0.187. The SMILES string of the molecule is COC(=O)c1cc(N2CCOCC2)ccc1NC(=O)Cc1ccc(N)cc1.Cl.Cl. The first-order chi connectivity index (χ1) is 13.1. The minimum Gasteiger partial charge on any atom is -0.465 e. The standard InChI is InChI=1S/C20H23N3O4.2ClH/c1-26-20(25)17-13-16(23-8-10-27-11-9-23)6-7-18(17)22-19(24)12-14-2-4-15(21)5-3-14;;/h2-7,13H,8-12,21H2,1H3,(H,22,24);2*1H. The van der Waals surface area contributed by atoms with Crippen LogP contribution in [0.1, 0.15) is 15.9 Å². The average Bonchev–Trinajstić information content (AvgIpc) is 2.70. The topological polar surface area (TPSA) is 93.9 Å². The normalized spacial score (nSPS) is 12.9. The molecule has 0 spiro atoms. The highest BCUT2D eigenvalue weighted by atomic mass is 35.5. The van der Waals surface area contributed by atoms with Crippen LogP contribution in [0, 0.1) is 0 Å². The molecule has 3 rings (SSSR count). The Hall–Kier alpha value is -2.48. The van der Waals surface area contributed by atoms with E-state index in [9.17, 15) is 9.59 Å². The van der Waals surface area contributed by atoms with Gasteiger partial charge >= 0.3 is 5.97 Å². The maximum Gasteiger partial charge on any atom is 0.340 e. The molecule has 0 atom stereocenters. The van der Waals surface area contributed by atoms with E-state index in [0.717, 1.165) is 24.3 Å². The van der Waals surface area contributed by atoms with Crippen LogP contribution >= 0.6 is 24.8 Å². The molecule has 2 aromatic carbocycles. The molecule has 1 amide bonds. The zero-order valence-corrected chi connectivity index (χ0v) is 17.7. The number of methoxy groups -OCH3 is 1. The van der Waals surface area contributed by atoms with Gasteiger partial charge in [-0.3, -0.25) is 4.79 Å². The van der Waals surface area contributed by atoms with E-state index in [2.05, 4.69) is 10.2 Å². The number of nitrogen functional groups attached to an aromatic ring is 1. The number of benzene rings is 2. The van der Waals surface area contributed by atoms with Crippen LogP contribution in [0.5, 0.6) is 0 Å². The van der Waals surface area contributed by atoms with Crippen molar-refractivity contribution >= 4 is 53.8 Å². The third-order valence-electron chi connectivity index (χ3n) is 4.40. The number of morpholine rings is 1. The van der Waals surface area contributed by atoms with Crippen molar-refractivity contribution < 1.29 is 19.1 Å². The van der Waals surface area contributed by atoms with E-state index >= 15 is 0 Å². The van der Waals surface area contributed by atoms with E-state index in [1.54, 1.807) is 36.4 Å². The summed E-state index contributed by atoms with van der Waals surface area (Å²) in [6.45, 7) is 2.80. The fourth-order valence-corrected chi connectivity index (χ4v) is 2.95. The van der Waals surface area contributed by atoms with E-state index < -0.39 is 5.97 Å². The lowest BCUT2D eigenvalue weighted by atomic mass is 10.1. The number of esters is 1. The Kier molecular flexibility index (Phi) is 9.74. The fraction of sp³-hybridized carbons (Fsp3) is 0.300. The molecule has 29 heavy (non-hydrogen) atoms. The minimum absolute atomic E-state index is 0. The minimum atomic E-state index is -0.493. The highest BCUT2D eigenvalue weighted by molar-refractivity contribution is 6.02. The van der Waals surface area contributed by atoms with Crippen LogP contribution in [-0.2, 0) is 20.7 Å². The van der Waals surface area contributed by atoms with E-state index in [4.69, 9.17) is 15.2 Å². The molecule has 158 valence electrons. The number of nitrogens with one attached hydrogen (secondary N) is 1. The lowest BCUT2D eigenvalue weighted by Gasteiger charge is -2.29. The third-order valence-corrected chi connectivity index (χ3v) is 4.40. The number of anilines is 3. The average molecular weight is 442 g/mol. The van der Waals surface area contributed by atoms with Crippen molar-refractivity contribution in [2.75, 3.05) is 49.4 Å². The van der Waals surface area contributed by atoms with Crippen LogP contribution in [0.3, 0.4) is 0 Å². The van der Waals surface area contributed by atoms with Crippen LogP contribution in [0.4, 0.5) is 17.1 Å².